The Morgan fingerprint density at radius 2 is 1.64 bits per heavy atom. The van der Waals surface area contributed by atoms with Crippen molar-refractivity contribution < 1.29 is 18.7 Å². The Hall–Kier alpha value is -3.38. The maximum atomic E-state index is 14.7. The Kier molecular flexibility index (Phi) is 10.8. The molecule has 3 aromatic rings. The fraction of sp³-hybridized carbons (Fsp3) is 0.375. The van der Waals surface area contributed by atoms with Crippen molar-refractivity contribution in [2.24, 2.45) is 0 Å². The summed E-state index contributed by atoms with van der Waals surface area (Å²) in [6.45, 7) is 0.345. The van der Waals surface area contributed by atoms with Crippen molar-refractivity contribution >= 4 is 23.4 Å². The van der Waals surface area contributed by atoms with Gasteiger partial charge in [0.15, 0.2) is 0 Å². The number of ether oxygens (including phenoxy) is 1. The smallest absolute Gasteiger partial charge is 0.243 e. The molecular formula is C32H36ClFN2O3. The molecule has 5 nitrogen and oxygen atoms in total. The number of hydrogen-bond acceptors (Lipinski definition) is 3. The Labute approximate surface area is 235 Å². The Balaban J connectivity index is 1.52. The van der Waals surface area contributed by atoms with Gasteiger partial charge in [0.05, 0.1) is 6.61 Å². The minimum atomic E-state index is -0.765. The Morgan fingerprint density at radius 1 is 0.949 bits per heavy atom. The van der Waals surface area contributed by atoms with Crippen LogP contribution in [-0.2, 0) is 22.6 Å². The molecule has 0 aliphatic heterocycles. The number of halogens is 2. The number of carbonyl (C=O) groups is 2. The van der Waals surface area contributed by atoms with Crippen molar-refractivity contribution in [3.05, 3.63) is 101 Å². The van der Waals surface area contributed by atoms with E-state index in [1.807, 2.05) is 30.3 Å². The first-order valence-corrected chi connectivity index (χ1v) is 14.1. The molecular weight excluding hydrogens is 515 g/mol. The van der Waals surface area contributed by atoms with Crippen molar-refractivity contribution in [3.63, 3.8) is 0 Å². The van der Waals surface area contributed by atoms with Crippen LogP contribution in [0.5, 0.6) is 5.75 Å². The van der Waals surface area contributed by atoms with Gasteiger partial charge in [0.25, 0.3) is 0 Å². The van der Waals surface area contributed by atoms with Gasteiger partial charge in [-0.05, 0) is 55.2 Å². The van der Waals surface area contributed by atoms with Gasteiger partial charge in [0.2, 0.25) is 11.8 Å². The van der Waals surface area contributed by atoms with E-state index < -0.39 is 11.9 Å². The lowest BCUT2D eigenvalue weighted by Crippen LogP contribution is -2.53. The molecule has 0 radical (unpaired) electrons. The van der Waals surface area contributed by atoms with E-state index in [4.69, 9.17) is 16.3 Å². The van der Waals surface area contributed by atoms with Gasteiger partial charge >= 0.3 is 0 Å². The molecule has 0 spiro atoms. The van der Waals surface area contributed by atoms with Crippen LogP contribution in [0.15, 0.2) is 78.9 Å². The summed E-state index contributed by atoms with van der Waals surface area (Å²) in [5, 5.41) is 3.83. The number of benzene rings is 3. The van der Waals surface area contributed by atoms with E-state index in [-0.39, 0.29) is 30.8 Å². The van der Waals surface area contributed by atoms with Gasteiger partial charge in [-0.2, -0.15) is 0 Å². The molecule has 0 saturated heterocycles. The van der Waals surface area contributed by atoms with Gasteiger partial charge in [-0.1, -0.05) is 79.4 Å². The molecule has 1 aliphatic carbocycles. The van der Waals surface area contributed by atoms with Gasteiger partial charge in [-0.25, -0.2) is 4.39 Å². The highest BCUT2D eigenvalue weighted by molar-refractivity contribution is 6.30. The predicted octanol–water partition coefficient (Wildman–Crippen LogP) is 6.73. The molecule has 3 aromatic carbocycles. The number of amides is 2. The van der Waals surface area contributed by atoms with Gasteiger partial charge in [-0.15, -0.1) is 0 Å². The lowest BCUT2D eigenvalue weighted by Gasteiger charge is -2.33. The van der Waals surface area contributed by atoms with E-state index in [9.17, 15) is 14.0 Å². The molecule has 2 amide bonds. The summed E-state index contributed by atoms with van der Waals surface area (Å²) in [6.07, 6.45) is 6.19. The first kappa shape index (κ1) is 28.6. The van der Waals surface area contributed by atoms with E-state index in [2.05, 4.69) is 5.32 Å². The molecule has 1 fully saturated rings. The van der Waals surface area contributed by atoms with Crippen molar-refractivity contribution in [1.82, 2.24) is 10.2 Å². The summed E-state index contributed by atoms with van der Waals surface area (Å²) in [6, 6.07) is 22.5. The largest absolute Gasteiger partial charge is 0.494 e. The first-order valence-electron chi connectivity index (χ1n) is 13.7. The molecule has 1 atom stereocenters. The van der Waals surface area contributed by atoms with Crippen LogP contribution in [0, 0.1) is 5.82 Å². The number of nitrogens with zero attached hydrogens (tertiary/aromatic N) is 1. The molecule has 39 heavy (non-hydrogen) atoms. The van der Waals surface area contributed by atoms with Gasteiger partial charge in [0, 0.05) is 36.0 Å². The Morgan fingerprint density at radius 3 is 2.36 bits per heavy atom. The van der Waals surface area contributed by atoms with Crippen molar-refractivity contribution in [2.45, 2.75) is 70.0 Å². The summed E-state index contributed by atoms with van der Waals surface area (Å²) < 4.78 is 20.5. The molecule has 0 aromatic heterocycles. The van der Waals surface area contributed by atoms with Crippen molar-refractivity contribution in [1.29, 1.82) is 0 Å². The van der Waals surface area contributed by atoms with Gasteiger partial charge < -0.3 is 15.0 Å². The van der Waals surface area contributed by atoms with E-state index in [0.717, 1.165) is 31.2 Å². The predicted molar refractivity (Wildman–Crippen MR) is 152 cm³/mol. The number of nitrogens with one attached hydrogen (secondary N) is 1. The molecule has 1 saturated carbocycles. The third-order valence-corrected chi connectivity index (χ3v) is 7.39. The van der Waals surface area contributed by atoms with Gasteiger partial charge in [-0.3, -0.25) is 9.59 Å². The van der Waals surface area contributed by atoms with Crippen LogP contribution in [0.2, 0.25) is 5.02 Å². The lowest BCUT2D eigenvalue weighted by molar-refractivity contribution is -0.141. The molecule has 1 N–H and O–H groups in total. The first-order chi connectivity index (χ1) is 19.0. The zero-order valence-corrected chi connectivity index (χ0v) is 22.9. The summed E-state index contributed by atoms with van der Waals surface area (Å²) in [5.41, 5.74) is 1.32. The summed E-state index contributed by atoms with van der Waals surface area (Å²) >= 11 is 5.94. The minimum Gasteiger partial charge on any atom is -0.494 e. The average molecular weight is 551 g/mol. The third kappa shape index (κ3) is 8.82. The second-order valence-electron chi connectivity index (χ2n) is 10.1. The number of hydrogen-bond donors (Lipinski definition) is 1. The number of rotatable bonds is 12. The maximum absolute atomic E-state index is 14.7. The highest BCUT2D eigenvalue weighted by Crippen LogP contribution is 2.21. The summed E-state index contributed by atoms with van der Waals surface area (Å²) in [4.78, 5) is 29.0. The second kappa shape index (κ2) is 14.7. The molecule has 4 rings (SSSR count). The van der Waals surface area contributed by atoms with Crippen molar-refractivity contribution in [2.75, 3.05) is 6.61 Å². The maximum Gasteiger partial charge on any atom is 0.243 e. The van der Waals surface area contributed by atoms with Crippen LogP contribution in [0.4, 0.5) is 4.39 Å². The SMILES string of the molecule is O=C(NC1CCCCC1)[C@@H](Cc1ccccc1)N(Cc1ccccc1F)C(=O)CCCOc1ccc(Cl)cc1. The molecule has 7 heteroatoms. The van der Waals surface area contributed by atoms with E-state index in [1.54, 1.807) is 47.4 Å². The minimum absolute atomic E-state index is 0.0130. The van der Waals surface area contributed by atoms with Gasteiger partial charge in [0.1, 0.15) is 17.6 Å². The molecule has 1 aliphatic rings. The Bertz CT molecular complexity index is 1200. The summed E-state index contributed by atoms with van der Waals surface area (Å²) in [7, 11) is 0. The monoisotopic (exact) mass is 550 g/mol. The van der Waals surface area contributed by atoms with Crippen LogP contribution < -0.4 is 10.1 Å². The fourth-order valence-corrected chi connectivity index (χ4v) is 5.12. The average Bonchev–Trinajstić information content (AvgIpc) is 2.96. The zero-order valence-electron chi connectivity index (χ0n) is 22.2. The summed E-state index contributed by atoms with van der Waals surface area (Å²) in [5.74, 6) is -0.123. The molecule has 206 valence electrons. The van der Waals surface area contributed by atoms with Crippen LogP contribution in [0.25, 0.3) is 0 Å². The fourth-order valence-electron chi connectivity index (χ4n) is 5.00. The van der Waals surface area contributed by atoms with E-state index in [0.29, 0.717) is 35.8 Å². The quantitative estimate of drug-likeness (QED) is 0.254. The highest BCUT2D eigenvalue weighted by atomic mass is 35.5. The third-order valence-electron chi connectivity index (χ3n) is 7.14. The lowest BCUT2D eigenvalue weighted by atomic mass is 9.94. The van der Waals surface area contributed by atoms with E-state index in [1.165, 1.54) is 12.5 Å². The normalized spacial score (nSPS) is 14.4. The highest BCUT2D eigenvalue weighted by Gasteiger charge is 2.32. The van der Waals surface area contributed by atoms with Crippen LogP contribution in [0.1, 0.15) is 56.1 Å². The van der Waals surface area contributed by atoms with Crippen molar-refractivity contribution in [3.8, 4) is 5.75 Å². The molecule has 0 bridgehead atoms. The molecule has 0 unspecified atom stereocenters. The standard InChI is InChI=1S/C32H36ClFN2O3/c33-26-17-19-28(20-18-26)39-21-9-16-31(37)36(23-25-12-7-8-15-29(25)34)30(22-24-10-3-1-4-11-24)32(38)35-27-13-5-2-6-14-27/h1,3-4,7-8,10-12,15,17-20,27,30H,2,5-6,9,13-14,16,21-23H2,(H,35,38)/t30-/m1/s1. The van der Waals surface area contributed by atoms with Crippen LogP contribution >= 0.6 is 11.6 Å². The van der Waals surface area contributed by atoms with Crippen LogP contribution in [0.3, 0.4) is 0 Å². The molecule has 0 heterocycles. The zero-order chi connectivity index (χ0) is 27.5. The van der Waals surface area contributed by atoms with Crippen LogP contribution in [-0.4, -0.2) is 35.4 Å². The topological polar surface area (TPSA) is 58.6 Å². The number of carbonyl (C=O) groups excluding carboxylic acids is 2. The second-order valence-corrected chi connectivity index (χ2v) is 10.5. The van der Waals surface area contributed by atoms with E-state index >= 15 is 0 Å².